The van der Waals surface area contributed by atoms with E-state index >= 15 is 0 Å². The Kier molecular flexibility index (Phi) is 4.22. The molecule has 0 bridgehead atoms. The maximum absolute atomic E-state index is 10.8. The van der Waals surface area contributed by atoms with E-state index in [2.05, 4.69) is 0 Å². The SMILES string of the molecule is CC(=O)O[C@@H]1[C@@H](CO)OC(O)[C@@H]1OC(C)=O. The summed E-state index contributed by atoms with van der Waals surface area (Å²) in [6.45, 7) is 1.88. The topological polar surface area (TPSA) is 102 Å². The fourth-order valence-corrected chi connectivity index (χ4v) is 1.51. The average Bonchev–Trinajstić information content (AvgIpc) is 2.44. The van der Waals surface area contributed by atoms with Crippen molar-refractivity contribution in [1.29, 1.82) is 0 Å². The van der Waals surface area contributed by atoms with Gasteiger partial charge in [0.15, 0.2) is 18.5 Å². The lowest BCUT2D eigenvalue weighted by molar-refractivity contribution is -0.174. The Bertz CT molecular complexity index is 277. The molecule has 7 nitrogen and oxygen atoms in total. The van der Waals surface area contributed by atoms with E-state index in [-0.39, 0.29) is 0 Å². The molecule has 1 heterocycles. The number of carbonyl (C=O) groups is 2. The monoisotopic (exact) mass is 234 g/mol. The first-order valence-electron chi connectivity index (χ1n) is 4.74. The van der Waals surface area contributed by atoms with Gasteiger partial charge in [0.25, 0.3) is 0 Å². The first-order valence-corrected chi connectivity index (χ1v) is 4.74. The second kappa shape index (κ2) is 5.24. The van der Waals surface area contributed by atoms with Gasteiger partial charge < -0.3 is 24.4 Å². The molecule has 0 radical (unpaired) electrons. The lowest BCUT2D eigenvalue weighted by Crippen LogP contribution is -2.40. The van der Waals surface area contributed by atoms with Gasteiger partial charge in [-0.15, -0.1) is 0 Å². The fourth-order valence-electron chi connectivity index (χ4n) is 1.51. The van der Waals surface area contributed by atoms with Gasteiger partial charge in [0.2, 0.25) is 0 Å². The number of hydrogen-bond donors (Lipinski definition) is 2. The third kappa shape index (κ3) is 2.91. The highest BCUT2D eigenvalue weighted by Crippen LogP contribution is 2.25. The molecule has 1 fully saturated rings. The normalized spacial score (nSPS) is 33.5. The second-order valence-corrected chi connectivity index (χ2v) is 3.40. The minimum Gasteiger partial charge on any atom is -0.455 e. The molecule has 1 saturated heterocycles. The van der Waals surface area contributed by atoms with Crippen LogP contribution in [0.15, 0.2) is 0 Å². The van der Waals surface area contributed by atoms with Gasteiger partial charge in [-0.1, -0.05) is 0 Å². The summed E-state index contributed by atoms with van der Waals surface area (Å²) < 4.78 is 14.5. The molecule has 0 aromatic carbocycles. The molecule has 0 aromatic rings. The van der Waals surface area contributed by atoms with Gasteiger partial charge in [-0.3, -0.25) is 9.59 Å². The van der Waals surface area contributed by atoms with Crippen molar-refractivity contribution in [2.24, 2.45) is 0 Å². The molecule has 0 aromatic heterocycles. The van der Waals surface area contributed by atoms with Crippen molar-refractivity contribution >= 4 is 11.9 Å². The highest BCUT2D eigenvalue weighted by Gasteiger charge is 2.48. The third-order valence-electron chi connectivity index (χ3n) is 2.07. The number of rotatable bonds is 3. The van der Waals surface area contributed by atoms with E-state index in [1.165, 1.54) is 6.92 Å². The Labute approximate surface area is 91.9 Å². The number of carbonyl (C=O) groups excluding carboxylic acids is 2. The van der Waals surface area contributed by atoms with Gasteiger partial charge in [0.05, 0.1) is 6.61 Å². The predicted molar refractivity (Wildman–Crippen MR) is 49.1 cm³/mol. The van der Waals surface area contributed by atoms with Crippen LogP contribution in [0.25, 0.3) is 0 Å². The molecule has 16 heavy (non-hydrogen) atoms. The summed E-state index contributed by atoms with van der Waals surface area (Å²) in [6.07, 6.45) is -4.42. The van der Waals surface area contributed by atoms with Gasteiger partial charge in [-0.25, -0.2) is 0 Å². The van der Waals surface area contributed by atoms with Crippen LogP contribution in [0.3, 0.4) is 0 Å². The van der Waals surface area contributed by atoms with E-state index in [4.69, 9.17) is 19.3 Å². The predicted octanol–water partition coefficient (Wildman–Crippen LogP) is -1.44. The molecule has 4 atom stereocenters. The number of ether oxygens (including phenoxy) is 3. The summed E-state index contributed by atoms with van der Waals surface area (Å²) in [4.78, 5) is 21.6. The van der Waals surface area contributed by atoms with Gasteiger partial charge in [0.1, 0.15) is 6.10 Å². The van der Waals surface area contributed by atoms with Crippen molar-refractivity contribution in [2.45, 2.75) is 38.4 Å². The Morgan fingerprint density at radius 3 is 2.12 bits per heavy atom. The van der Waals surface area contributed by atoms with Crippen LogP contribution in [0, 0.1) is 0 Å². The maximum Gasteiger partial charge on any atom is 0.303 e. The summed E-state index contributed by atoms with van der Waals surface area (Å²) in [5.74, 6) is -1.25. The largest absolute Gasteiger partial charge is 0.455 e. The number of aliphatic hydroxyl groups excluding tert-OH is 2. The van der Waals surface area contributed by atoms with Gasteiger partial charge in [-0.2, -0.15) is 0 Å². The summed E-state index contributed by atoms with van der Waals surface area (Å²) >= 11 is 0. The van der Waals surface area contributed by atoms with Crippen molar-refractivity contribution in [2.75, 3.05) is 6.61 Å². The first kappa shape index (κ1) is 12.9. The van der Waals surface area contributed by atoms with Crippen molar-refractivity contribution in [3.63, 3.8) is 0 Å². The zero-order valence-electron chi connectivity index (χ0n) is 8.95. The standard InChI is InChI=1S/C9H14O7/c1-4(11)14-7-6(3-10)16-9(13)8(7)15-5(2)12/h6-10,13H,3H2,1-2H3/t6-,7-,8-,9?/m1/s1. The van der Waals surface area contributed by atoms with E-state index in [9.17, 15) is 14.7 Å². The maximum atomic E-state index is 10.8. The molecule has 1 rings (SSSR count). The van der Waals surface area contributed by atoms with Gasteiger partial charge in [-0.05, 0) is 0 Å². The van der Waals surface area contributed by atoms with E-state index in [1.54, 1.807) is 0 Å². The number of aliphatic hydroxyl groups is 2. The van der Waals surface area contributed by atoms with Crippen molar-refractivity contribution in [3.05, 3.63) is 0 Å². The molecule has 1 aliphatic heterocycles. The van der Waals surface area contributed by atoms with E-state index in [0.29, 0.717) is 0 Å². The lowest BCUT2D eigenvalue weighted by Gasteiger charge is -2.21. The molecule has 0 amide bonds. The van der Waals surface area contributed by atoms with Crippen LogP contribution in [0.1, 0.15) is 13.8 Å². The first-order chi connectivity index (χ1) is 7.45. The fraction of sp³-hybridized carbons (Fsp3) is 0.778. The van der Waals surface area contributed by atoms with Crippen LogP contribution in [0.4, 0.5) is 0 Å². The highest BCUT2D eigenvalue weighted by molar-refractivity contribution is 5.67. The molecule has 2 N–H and O–H groups in total. The van der Waals surface area contributed by atoms with Crippen LogP contribution in [0.2, 0.25) is 0 Å². The van der Waals surface area contributed by atoms with E-state index in [1.807, 2.05) is 0 Å². The molecule has 1 aliphatic rings. The molecular weight excluding hydrogens is 220 g/mol. The van der Waals surface area contributed by atoms with Crippen LogP contribution in [0.5, 0.6) is 0 Å². The molecule has 1 unspecified atom stereocenters. The number of hydrogen-bond acceptors (Lipinski definition) is 7. The Morgan fingerprint density at radius 2 is 1.69 bits per heavy atom. The second-order valence-electron chi connectivity index (χ2n) is 3.40. The third-order valence-corrected chi connectivity index (χ3v) is 2.07. The van der Waals surface area contributed by atoms with Gasteiger partial charge in [0, 0.05) is 13.8 Å². The van der Waals surface area contributed by atoms with Crippen LogP contribution < -0.4 is 0 Å². The van der Waals surface area contributed by atoms with E-state index < -0.39 is 43.1 Å². The summed E-state index contributed by atoms with van der Waals surface area (Å²) in [5, 5.41) is 18.4. The van der Waals surface area contributed by atoms with Crippen molar-refractivity contribution in [3.8, 4) is 0 Å². The molecular formula is C9H14O7. The Morgan fingerprint density at radius 1 is 1.19 bits per heavy atom. The smallest absolute Gasteiger partial charge is 0.303 e. The van der Waals surface area contributed by atoms with Crippen LogP contribution in [-0.2, 0) is 23.8 Å². The molecule has 92 valence electrons. The van der Waals surface area contributed by atoms with Crippen molar-refractivity contribution in [1.82, 2.24) is 0 Å². The average molecular weight is 234 g/mol. The minimum absolute atomic E-state index is 0.452. The lowest BCUT2D eigenvalue weighted by atomic mass is 10.1. The van der Waals surface area contributed by atoms with E-state index in [0.717, 1.165) is 6.92 Å². The summed E-state index contributed by atoms with van der Waals surface area (Å²) in [7, 11) is 0. The Balaban J connectivity index is 2.76. The van der Waals surface area contributed by atoms with Crippen LogP contribution >= 0.6 is 0 Å². The van der Waals surface area contributed by atoms with Gasteiger partial charge >= 0.3 is 11.9 Å². The quantitative estimate of drug-likeness (QED) is 0.576. The minimum atomic E-state index is -1.41. The summed E-state index contributed by atoms with van der Waals surface area (Å²) in [6, 6.07) is 0. The number of esters is 2. The zero-order chi connectivity index (χ0) is 12.3. The molecule has 0 spiro atoms. The highest BCUT2D eigenvalue weighted by atomic mass is 16.7. The molecule has 0 saturated carbocycles. The Hall–Kier alpha value is -1.18. The zero-order valence-corrected chi connectivity index (χ0v) is 8.95. The summed E-state index contributed by atoms with van der Waals surface area (Å²) in [5.41, 5.74) is 0. The van der Waals surface area contributed by atoms with Crippen molar-refractivity contribution < 1.29 is 34.0 Å². The molecule has 0 aliphatic carbocycles. The molecule has 7 heteroatoms. The van der Waals surface area contributed by atoms with Crippen LogP contribution in [-0.4, -0.2) is 53.4 Å².